The maximum absolute atomic E-state index is 8.79. The molecule has 0 aliphatic heterocycles. The number of benzene rings is 1. The largest absolute Gasteiger partial charge is 0.361 e. The van der Waals surface area contributed by atoms with Gasteiger partial charge in [0.2, 0.25) is 0 Å². The fourth-order valence-corrected chi connectivity index (χ4v) is 1.23. The standard InChI is InChI=1S/C11H14N2/c1-2-3-9-11(13-12)10-7-5-4-6-8-10/h4-8H,2-3,9H2,1H3. The van der Waals surface area contributed by atoms with Gasteiger partial charge in [-0.15, -0.1) is 0 Å². The lowest BCUT2D eigenvalue weighted by atomic mass is 10.1. The normalized spacial score (nSPS) is 9.31. The van der Waals surface area contributed by atoms with Crippen molar-refractivity contribution in [3.63, 3.8) is 0 Å². The summed E-state index contributed by atoms with van der Waals surface area (Å²) < 4.78 is 0. The van der Waals surface area contributed by atoms with E-state index in [1.54, 1.807) is 0 Å². The smallest absolute Gasteiger partial charge is 0.299 e. The first-order valence-corrected chi connectivity index (χ1v) is 4.64. The van der Waals surface area contributed by atoms with E-state index in [4.69, 9.17) is 5.53 Å². The predicted octanol–water partition coefficient (Wildman–Crippen LogP) is 2.90. The van der Waals surface area contributed by atoms with Crippen molar-refractivity contribution in [3.05, 3.63) is 41.4 Å². The van der Waals surface area contributed by atoms with Crippen molar-refractivity contribution in [3.8, 4) is 0 Å². The van der Waals surface area contributed by atoms with Crippen LogP contribution in [0.4, 0.5) is 0 Å². The molecule has 0 aromatic heterocycles. The molecule has 1 aromatic rings. The monoisotopic (exact) mass is 174 g/mol. The van der Waals surface area contributed by atoms with E-state index < -0.39 is 0 Å². The lowest BCUT2D eigenvalue weighted by molar-refractivity contribution is -0.00709. The molecular formula is C11H14N2. The summed E-state index contributed by atoms with van der Waals surface area (Å²) in [5, 5.41) is 0. The van der Waals surface area contributed by atoms with Crippen LogP contribution in [-0.2, 0) is 0 Å². The molecule has 0 bridgehead atoms. The van der Waals surface area contributed by atoms with Crippen molar-refractivity contribution in [2.45, 2.75) is 26.2 Å². The van der Waals surface area contributed by atoms with E-state index in [2.05, 4.69) is 11.7 Å². The summed E-state index contributed by atoms with van der Waals surface area (Å²) >= 11 is 0. The first-order chi connectivity index (χ1) is 6.38. The summed E-state index contributed by atoms with van der Waals surface area (Å²) in [7, 11) is 0. The summed E-state index contributed by atoms with van der Waals surface area (Å²) in [5.74, 6) is 0. The van der Waals surface area contributed by atoms with Crippen LogP contribution in [0.3, 0.4) is 0 Å². The Hall–Kier alpha value is -1.40. The second-order valence-electron chi connectivity index (χ2n) is 3.02. The minimum atomic E-state index is 0.780. The first-order valence-electron chi connectivity index (χ1n) is 4.64. The van der Waals surface area contributed by atoms with Crippen LogP contribution >= 0.6 is 0 Å². The number of hydrogen-bond acceptors (Lipinski definition) is 0. The van der Waals surface area contributed by atoms with Gasteiger partial charge >= 0.3 is 0 Å². The molecule has 0 spiro atoms. The van der Waals surface area contributed by atoms with Crippen LogP contribution in [0.25, 0.3) is 5.53 Å². The van der Waals surface area contributed by atoms with E-state index in [1.165, 1.54) is 0 Å². The molecule has 0 amide bonds. The highest BCUT2D eigenvalue weighted by Gasteiger charge is 2.09. The Balaban J connectivity index is 2.75. The second-order valence-corrected chi connectivity index (χ2v) is 3.02. The van der Waals surface area contributed by atoms with Gasteiger partial charge in [-0.1, -0.05) is 31.5 Å². The van der Waals surface area contributed by atoms with E-state index in [1.807, 2.05) is 30.3 Å². The second kappa shape index (κ2) is 5.28. The van der Waals surface area contributed by atoms with Crippen LogP contribution in [0.5, 0.6) is 0 Å². The molecule has 13 heavy (non-hydrogen) atoms. The van der Waals surface area contributed by atoms with Gasteiger partial charge in [0, 0.05) is 0 Å². The van der Waals surface area contributed by atoms with Crippen LogP contribution < -0.4 is 0 Å². The first kappa shape index (κ1) is 9.69. The van der Waals surface area contributed by atoms with E-state index in [9.17, 15) is 0 Å². The van der Waals surface area contributed by atoms with E-state index in [0.29, 0.717) is 0 Å². The van der Waals surface area contributed by atoms with Crippen molar-refractivity contribution >= 4 is 5.71 Å². The molecular weight excluding hydrogens is 160 g/mol. The molecule has 1 rings (SSSR count). The lowest BCUT2D eigenvalue weighted by Crippen LogP contribution is -2.01. The molecule has 0 N–H and O–H groups in total. The quantitative estimate of drug-likeness (QED) is 0.382. The van der Waals surface area contributed by atoms with Gasteiger partial charge in [-0.2, -0.15) is 4.79 Å². The highest BCUT2D eigenvalue weighted by atomic mass is 14.9. The highest BCUT2D eigenvalue weighted by molar-refractivity contribution is 5.96. The zero-order valence-electron chi connectivity index (χ0n) is 7.90. The van der Waals surface area contributed by atoms with Crippen molar-refractivity contribution in [2.75, 3.05) is 0 Å². The molecule has 0 aliphatic rings. The average molecular weight is 174 g/mol. The summed E-state index contributed by atoms with van der Waals surface area (Å²) in [4.78, 5) is 3.31. The number of rotatable bonds is 4. The third-order valence-corrected chi connectivity index (χ3v) is 1.99. The lowest BCUT2D eigenvalue weighted by Gasteiger charge is -1.94. The minimum Gasteiger partial charge on any atom is -0.361 e. The van der Waals surface area contributed by atoms with Gasteiger partial charge in [-0.05, 0) is 18.6 Å². The van der Waals surface area contributed by atoms with E-state index >= 15 is 0 Å². The van der Waals surface area contributed by atoms with Gasteiger partial charge in [0.05, 0.1) is 12.0 Å². The van der Waals surface area contributed by atoms with Crippen LogP contribution in [0.15, 0.2) is 30.3 Å². The van der Waals surface area contributed by atoms with Gasteiger partial charge < -0.3 is 5.53 Å². The predicted molar refractivity (Wildman–Crippen MR) is 53.7 cm³/mol. The summed E-state index contributed by atoms with van der Waals surface area (Å²) in [6, 6.07) is 9.78. The molecule has 0 atom stereocenters. The third kappa shape index (κ3) is 2.85. The summed E-state index contributed by atoms with van der Waals surface area (Å²) in [6.07, 6.45) is 3.02. The molecule has 0 heterocycles. The van der Waals surface area contributed by atoms with E-state index in [0.717, 1.165) is 30.5 Å². The Kier molecular flexibility index (Phi) is 3.94. The highest BCUT2D eigenvalue weighted by Crippen LogP contribution is 2.05. The molecule has 0 unspecified atom stereocenters. The van der Waals surface area contributed by atoms with Gasteiger partial charge in [-0.25, -0.2) is 0 Å². The molecule has 68 valence electrons. The van der Waals surface area contributed by atoms with Crippen LogP contribution in [0, 0.1) is 0 Å². The molecule has 0 aliphatic carbocycles. The van der Waals surface area contributed by atoms with Crippen LogP contribution in [0.1, 0.15) is 31.7 Å². The Labute approximate surface area is 78.8 Å². The average Bonchev–Trinajstić information content (AvgIpc) is 2.21. The Morgan fingerprint density at radius 2 is 2.00 bits per heavy atom. The Morgan fingerprint density at radius 3 is 2.54 bits per heavy atom. The summed E-state index contributed by atoms with van der Waals surface area (Å²) in [5.41, 5.74) is 10.6. The van der Waals surface area contributed by atoms with Crippen LogP contribution in [0.2, 0.25) is 0 Å². The number of hydrogen-bond donors (Lipinski definition) is 0. The van der Waals surface area contributed by atoms with Crippen molar-refractivity contribution < 1.29 is 4.79 Å². The van der Waals surface area contributed by atoms with Gasteiger partial charge in [0.1, 0.15) is 0 Å². The zero-order valence-corrected chi connectivity index (χ0v) is 7.90. The Morgan fingerprint density at radius 1 is 1.31 bits per heavy atom. The molecule has 0 radical (unpaired) electrons. The van der Waals surface area contributed by atoms with Crippen LogP contribution in [-0.4, -0.2) is 10.5 Å². The maximum Gasteiger partial charge on any atom is 0.299 e. The maximum atomic E-state index is 8.79. The molecule has 0 fully saturated rings. The third-order valence-electron chi connectivity index (χ3n) is 1.99. The van der Waals surface area contributed by atoms with E-state index in [-0.39, 0.29) is 0 Å². The SMILES string of the molecule is CCCCC(=[N+]=[N-])c1ccccc1. The van der Waals surface area contributed by atoms with Crippen molar-refractivity contribution in [1.82, 2.24) is 0 Å². The molecule has 2 heteroatoms. The van der Waals surface area contributed by atoms with Crippen molar-refractivity contribution in [2.24, 2.45) is 0 Å². The number of nitrogens with zero attached hydrogens (tertiary/aromatic N) is 2. The minimum absolute atomic E-state index is 0.780. The topological polar surface area (TPSA) is 36.4 Å². The fraction of sp³-hybridized carbons (Fsp3) is 0.364. The number of unbranched alkanes of at least 4 members (excludes halogenated alkanes) is 1. The van der Waals surface area contributed by atoms with Crippen molar-refractivity contribution in [1.29, 1.82) is 0 Å². The Bertz CT molecular complexity index is 297. The molecule has 2 nitrogen and oxygen atoms in total. The molecule has 0 saturated heterocycles. The fourth-order valence-electron chi connectivity index (χ4n) is 1.23. The summed E-state index contributed by atoms with van der Waals surface area (Å²) in [6.45, 7) is 2.12. The van der Waals surface area contributed by atoms with Gasteiger partial charge in [-0.3, -0.25) is 0 Å². The zero-order chi connectivity index (χ0) is 9.52. The molecule has 1 aromatic carbocycles. The van der Waals surface area contributed by atoms with Gasteiger partial charge in [0.15, 0.2) is 0 Å². The molecule has 0 saturated carbocycles. The van der Waals surface area contributed by atoms with Gasteiger partial charge in [0.25, 0.3) is 5.71 Å².